The summed E-state index contributed by atoms with van der Waals surface area (Å²) in [6.45, 7) is 7.29. The van der Waals surface area contributed by atoms with E-state index in [1.807, 2.05) is 21.9 Å². The zero-order chi connectivity index (χ0) is 25.0. The first-order valence-electron chi connectivity index (χ1n) is 12.8. The molecule has 3 rings (SSSR count). The Kier molecular flexibility index (Phi) is 10.1. The molecular formula is C28H38N4O3. The molecule has 2 aromatic carbocycles. The van der Waals surface area contributed by atoms with Crippen LogP contribution in [0.3, 0.4) is 0 Å². The molecule has 0 unspecified atom stereocenters. The van der Waals surface area contributed by atoms with Crippen molar-refractivity contribution in [2.75, 3.05) is 43.4 Å². The third-order valence-electron chi connectivity index (χ3n) is 6.15. The minimum atomic E-state index is -0.207. The first kappa shape index (κ1) is 26.3. The summed E-state index contributed by atoms with van der Waals surface area (Å²) in [6.07, 6.45) is 6.27. The van der Waals surface area contributed by atoms with Gasteiger partial charge in [0.05, 0.1) is 6.54 Å². The first-order valence-corrected chi connectivity index (χ1v) is 12.8. The highest BCUT2D eigenvalue weighted by Gasteiger charge is 2.18. The zero-order valence-corrected chi connectivity index (χ0v) is 21.0. The van der Waals surface area contributed by atoms with Crippen LogP contribution in [-0.2, 0) is 4.79 Å². The number of nitrogens with zero attached hydrogens (tertiary/aromatic N) is 2. The van der Waals surface area contributed by atoms with Gasteiger partial charge in [-0.3, -0.25) is 14.4 Å². The Bertz CT molecular complexity index is 976. The highest BCUT2D eigenvalue weighted by atomic mass is 16.2. The van der Waals surface area contributed by atoms with Crippen LogP contribution in [0.15, 0.2) is 48.5 Å². The predicted molar refractivity (Wildman–Crippen MR) is 141 cm³/mol. The molecule has 0 aromatic heterocycles. The summed E-state index contributed by atoms with van der Waals surface area (Å²) in [5.41, 5.74) is 2.61. The fraction of sp³-hybridized carbons (Fsp3) is 0.464. The van der Waals surface area contributed by atoms with Gasteiger partial charge in [-0.1, -0.05) is 32.8 Å². The second-order valence-corrected chi connectivity index (χ2v) is 9.06. The molecule has 3 amide bonds. The van der Waals surface area contributed by atoms with Crippen LogP contribution in [0.5, 0.6) is 0 Å². The summed E-state index contributed by atoms with van der Waals surface area (Å²) in [5.74, 6) is -0.151. The van der Waals surface area contributed by atoms with E-state index in [0.717, 1.165) is 57.5 Å². The van der Waals surface area contributed by atoms with Crippen molar-refractivity contribution >= 4 is 29.1 Å². The van der Waals surface area contributed by atoms with Crippen LogP contribution >= 0.6 is 0 Å². The monoisotopic (exact) mass is 478 g/mol. The van der Waals surface area contributed by atoms with E-state index in [1.54, 1.807) is 36.4 Å². The van der Waals surface area contributed by atoms with Gasteiger partial charge in [-0.2, -0.15) is 0 Å². The number of nitrogens with one attached hydrogen (secondary N) is 2. The Labute approximate surface area is 208 Å². The van der Waals surface area contributed by atoms with Crippen molar-refractivity contribution in [1.29, 1.82) is 0 Å². The number of rotatable bonds is 10. The SMILES string of the molecule is CCCN(CCC)C(=O)c1ccc(NCC(=O)Nc2cccc(C(=O)N3CCCCCC3)c2)cc1. The van der Waals surface area contributed by atoms with Gasteiger partial charge >= 0.3 is 0 Å². The van der Waals surface area contributed by atoms with Crippen LogP contribution in [0.2, 0.25) is 0 Å². The van der Waals surface area contributed by atoms with E-state index in [-0.39, 0.29) is 24.3 Å². The lowest BCUT2D eigenvalue weighted by Gasteiger charge is -2.21. The summed E-state index contributed by atoms with van der Waals surface area (Å²) < 4.78 is 0. The number of carbonyl (C=O) groups is 3. The van der Waals surface area contributed by atoms with Crippen molar-refractivity contribution in [3.05, 3.63) is 59.7 Å². The fourth-order valence-electron chi connectivity index (χ4n) is 4.34. The standard InChI is InChI=1S/C28H38N4O3/c1-3-16-31(17-4-2)27(34)22-12-14-24(15-13-22)29-21-26(33)30-25-11-9-10-23(20-25)28(35)32-18-7-5-6-8-19-32/h9-15,20,29H,3-8,16-19,21H2,1-2H3,(H,30,33). The fourth-order valence-corrected chi connectivity index (χ4v) is 4.34. The predicted octanol–water partition coefficient (Wildman–Crippen LogP) is 5.02. The summed E-state index contributed by atoms with van der Waals surface area (Å²) in [6, 6.07) is 14.3. The van der Waals surface area contributed by atoms with Crippen molar-refractivity contribution in [2.24, 2.45) is 0 Å². The van der Waals surface area contributed by atoms with Gasteiger partial charge in [-0.25, -0.2) is 0 Å². The Morgan fingerprint density at radius 2 is 1.49 bits per heavy atom. The van der Waals surface area contributed by atoms with E-state index >= 15 is 0 Å². The molecule has 1 saturated heterocycles. The van der Waals surface area contributed by atoms with Gasteiger partial charge in [0.25, 0.3) is 11.8 Å². The van der Waals surface area contributed by atoms with Gasteiger partial charge in [0.15, 0.2) is 0 Å². The van der Waals surface area contributed by atoms with Crippen LogP contribution in [-0.4, -0.2) is 60.2 Å². The molecule has 1 fully saturated rings. The summed E-state index contributed by atoms with van der Waals surface area (Å²) >= 11 is 0. The molecule has 0 bridgehead atoms. The van der Waals surface area contributed by atoms with E-state index < -0.39 is 0 Å². The highest BCUT2D eigenvalue weighted by molar-refractivity contribution is 5.98. The van der Waals surface area contributed by atoms with Crippen molar-refractivity contribution in [1.82, 2.24) is 9.80 Å². The molecular weight excluding hydrogens is 440 g/mol. The average molecular weight is 479 g/mol. The molecule has 0 atom stereocenters. The molecule has 1 aliphatic rings. The Hall–Kier alpha value is -3.35. The third kappa shape index (κ3) is 7.84. The molecule has 1 aliphatic heterocycles. The molecule has 35 heavy (non-hydrogen) atoms. The number of hydrogen-bond donors (Lipinski definition) is 2. The second-order valence-electron chi connectivity index (χ2n) is 9.06. The Morgan fingerprint density at radius 3 is 2.11 bits per heavy atom. The van der Waals surface area contributed by atoms with Gasteiger partial charge in [0.1, 0.15) is 0 Å². The van der Waals surface area contributed by atoms with Gasteiger partial charge in [-0.05, 0) is 68.1 Å². The van der Waals surface area contributed by atoms with Gasteiger partial charge in [0, 0.05) is 48.7 Å². The minimum absolute atomic E-state index is 0.0206. The average Bonchev–Trinajstić information content (AvgIpc) is 3.17. The Morgan fingerprint density at radius 1 is 0.829 bits per heavy atom. The van der Waals surface area contributed by atoms with Gasteiger partial charge < -0.3 is 20.4 Å². The number of benzene rings is 2. The summed E-state index contributed by atoms with van der Waals surface area (Å²) in [4.78, 5) is 41.9. The second kappa shape index (κ2) is 13.5. The van der Waals surface area contributed by atoms with Crippen LogP contribution in [0.4, 0.5) is 11.4 Å². The largest absolute Gasteiger partial charge is 0.376 e. The number of amides is 3. The number of likely N-dealkylation sites (tertiary alicyclic amines) is 1. The minimum Gasteiger partial charge on any atom is -0.376 e. The maximum Gasteiger partial charge on any atom is 0.253 e. The van der Waals surface area contributed by atoms with Crippen LogP contribution < -0.4 is 10.6 Å². The highest BCUT2D eigenvalue weighted by Crippen LogP contribution is 2.17. The number of carbonyl (C=O) groups excluding carboxylic acids is 3. The van der Waals surface area contributed by atoms with Crippen molar-refractivity contribution < 1.29 is 14.4 Å². The lowest BCUT2D eigenvalue weighted by molar-refractivity contribution is -0.114. The van der Waals surface area contributed by atoms with Gasteiger partial charge in [0.2, 0.25) is 5.91 Å². The van der Waals surface area contributed by atoms with E-state index in [4.69, 9.17) is 0 Å². The maximum atomic E-state index is 12.9. The molecule has 2 N–H and O–H groups in total. The molecule has 188 valence electrons. The van der Waals surface area contributed by atoms with Crippen molar-refractivity contribution in [3.8, 4) is 0 Å². The van der Waals surface area contributed by atoms with E-state index in [2.05, 4.69) is 24.5 Å². The quantitative estimate of drug-likeness (QED) is 0.503. The van der Waals surface area contributed by atoms with Gasteiger partial charge in [-0.15, -0.1) is 0 Å². The molecule has 0 saturated carbocycles. The summed E-state index contributed by atoms with van der Waals surface area (Å²) in [5, 5.41) is 5.96. The lowest BCUT2D eigenvalue weighted by atomic mass is 10.1. The zero-order valence-electron chi connectivity index (χ0n) is 21.0. The van der Waals surface area contributed by atoms with Crippen LogP contribution in [0.1, 0.15) is 73.1 Å². The Balaban J connectivity index is 1.52. The van der Waals surface area contributed by atoms with E-state index in [0.29, 0.717) is 16.8 Å². The maximum absolute atomic E-state index is 12.9. The summed E-state index contributed by atoms with van der Waals surface area (Å²) in [7, 11) is 0. The van der Waals surface area contributed by atoms with E-state index in [9.17, 15) is 14.4 Å². The number of hydrogen-bond acceptors (Lipinski definition) is 4. The third-order valence-corrected chi connectivity index (χ3v) is 6.15. The molecule has 1 heterocycles. The molecule has 7 nitrogen and oxygen atoms in total. The lowest BCUT2D eigenvalue weighted by Crippen LogP contribution is -2.32. The molecule has 0 spiro atoms. The van der Waals surface area contributed by atoms with E-state index in [1.165, 1.54) is 12.8 Å². The molecule has 7 heteroatoms. The first-order chi connectivity index (χ1) is 17.0. The van der Waals surface area contributed by atoms with Crippen LogP contribution in [0, 0.1) is 0 Å². The molecule has 0 radical (unpaired) electrons. The smallest absolute Gasteiger partial charge is 0.253 e. The van der Waals surface area contributed by atoms with Crippen molar-refractivity contribution in [3.63, 3.8) is 0 Å². The molecule has 0 aliphatic carbocycles. The van der Waals surface area contributed by atoms with Crippen molar-refractivity contribution in [2.45, 2.75) is 52.4 Å². The normalized spacial score (nSPS) is 13.6. The van der Waals surface area contributed by atoms with Crippen LogP contribution in [0.25, 0.3) is 0 Å². The number of anilines is 2. The molecule has 2 aromatic rings. The topological polar surface area (TPSA) is 81.8 Å².